The van der Waals surface area contributed by atoms with Gasteiger partial charge in [0.25, 0.3) is 5.69 Å². The number of anilines is 1. The Morgan fingerprint density at radius 2 is 2.00 bits per heavy atom. The quantitative estimate of drug-likeness (QED) is 0.590. The smallest absolute Gasteiger partial charge is 0.358 e. The van der Waals surface area contributed by atoms with Crippen LogP contribution in [0.4, 0.5) is 17.2 Å². The fraction of sp³-hybridized carbons (Fsp3) is 0.286. The van der Waals surface area contributed by atoms with Crippen LogP contribution in [0.2, 0.25) is 5.02 Å². The molecule has 0 spiro atoms. The SMILES string of the molecule is Cc1cc([N+](=O)[O-])nn1CCCC(=O)Nc1ccc([N+](=O)[O-])cc1Cl. The highest BCUT2D eigenvalue weighted by molar-refractivity contribution is 6.33. The fourth-order valence-corrected chi connectivity index (χ4v) is 2.35. The molecule has 0 bridgehead atoms. The third-order valence-electron chi connectivity index (χ3n) is 3.37. The Hall–Kier alpha value is -3.01. The van der Waals surface area contributed by atoms with E-state index in [1.807, 2.05) is 0 Å². The highest BCUT2D eigenvalue weighted by Gasteiger charge is 2.16. The lowest BCUT2D eigenvalue weighted by Gasteiger charge is -2.07. The number of aromatic nitrogens is 2. The number of rotatable bonds is 7. The number of nitrogens with one attached hydrogen (secondary N) is 1. The minimum Gasteiger partial charge on any atom is -0.358 e. The molecule has 1 N–H and O–H groups in total. The molecule has 0 aliphatic heterocycles. The number of nitro benzene ring substituents is 1. The van der Waals surface area contributed by atoms with Crippen LogP contribution in [0.15, 0.2) is 24.3 Å². The first-order valence-corrected chi connectivity index (χ1v) is 7.58. The number of nitrogens with zero attached hydrogens (tertiary/aromatic N) is 4. The van der Waals surface area contributed by atoms with E-state index in [4.69, 9.17) is 11.6 Å². The maximum atomic E-state index is 11.9. The molecular weight excluding hydrogens is 354 g/mol. The third kappa shape index (κ3) is 4.73. The Morgan fingerprint density at radius 1 is 1.28 bits per heavy atom. The van der Waals surface area contributed by atoms with Crippen LogP contribution in [0, 0.1) is 27.2 Å². The average molecular weight is 368 g/mol. The maximum Gasteiger partial charge on any atom is 0.390 e. The Kier molecular flexibility index (Phi) is 5.65. The summed E-state index contributed by atoms with van der Waals surface area (Å²) in [5.41, 5.74) is 0.743. The molecule has 1 heterocycles. The lowest BCUT2D eigenvalue weighted by Crippen LogP contribution is -2.13. The van der Waals surface area contributed by atoms with Gasteiger partial charge >= 0.3 is 5.82 Å². The number of non-ortho nitro benzene ring substituents is 1. The summed E-state index contributed by atoms with van der Waals surface area (Å²) in [6, 6.07) is 5.12. The van der Waals surface area contributed by atoms with Gasteiger partial charge in [-0.1, -0.05) is 11.6 Å². The van der Waals surface area contributed by atoms with Crippen LogP contribution >= 0.6 is 11.6 Å². The Morgan fingerprint density at radius 3 is 2.56 bits per heavy atom. The number of hydrogen-bond donors (Lipinski definition) is 1. The number of amides is 1. The van der Waals surface area contributed by atoms with E-state index in [1.54, 1.807) is 6.92 Å². The van der Waals surface area contributed by atoms with Crippen molar-refractivity contribution in [3.05, 3.63) is 55.2 Å². The highest BCUT2D eigenvalue weighted by Crippen LogP contribution is 2.26. The Balaban J connectivity index is 1.89. The number of carbonyl (C=O) groups is 1. The van der Waals surface area contributed by atoms with Crippen LogP contribution in [0.3, 0.4) is 0 Å². The van der Waals surface area contributed by atoms with Crippen LogP contribution in [0.1, 0.15) is 18.5 Å². The summed E-state index contributed by atoms with van der Waals surface area (Å²) in [7, 11) is 0. The summed E-state index contributed by atoms with van der Waals surface area (Å²) in [6.45, 7) is 2.04. The summed E-state index contributed by atoms with van der Waals surface area (Å²) in [5.74, 6) is -0.560. The van der Waals surface area contributed by atoms with Gasteiger partial charge in [0, 0.05) is 18.6 Å². The maximum absolute atomic E-state index is 11.9. The van der Waals surface area contributed by atoms with Gasteiger partial charge in [-0.3, -0.25) is 14.9 Å². The van der Waals surface area contributed by atoms with E-state index in [0.717, 1.165) is 6.07 Å². The van der Waals surface area contributed by atoms with Crippen LogP contribution in [-0.4, -0.2) is 25.5 Å². The minimum absolute atomic E-state index is 0.0705. The van der Waals surface area contributed by atoms with Gasteiger partial charge in [0.2, 0.25) is 5.91 Å². The largest absolute Gasteiger partial charge is 0.390 e. The van der Waals surface area contributed by atoms with Crippen molar-refractivity contribution in [1.82, 2.24) is 9.78 Å². The zero-order valence-electron chi connectivity index (χ0n) is 13.1. The molecule has 0 aliphatic carbocycles. The molecule has 0 radical (unpaired) electrons. The molecule has 0 fully saturated rings. The van der Waals surface area contributed by atoms with Crippen LogP contribution in [0.5, 0.6) is 0 Å². The van der Waals surface area contributed by atoms with Crippen molar-refractivity contribution < 1.29 is 14.6 Å². The first-order chi connectivity index (χ1) is 11.8. The fourth-order valence-electron chi connectivity index (χ4n) is 2.13. The molecule has 2 rings (SSSR count). The zero-order chi connectivity index (χ0) is 18.6. The second-order valence-corrected chi connectivity index (χ2v) is 5.60. The molecule has 0 atom stereocenters. The normalized spacial score (nSPS) is 10.5. The third-order valence-corrected chi connectivity index (χ3v) is 3.68. The van der Waals surface area contributed by atoms with E-state index >= 15 is 0 Å². The first-order valence-electron chi connectivity index (χ1n) is 7.20. The molecule has 1 aromatic heterocycles. The van der Waals surface area contributed by atoms with Crippen molar-refractivity contribution >= 4 is 34.7 Å². The standard InChI is InChI=1S/C14H14ClN5O5/c1-9-7-13(20(24)25)17-18(9)6-2-3-14(21)16-12-5-4-10(19(22)23)8-11(12)15/h4-5,7-8H,2-3,6H2,1H3,(H,16,21). The summed E-state index contributed by atoms with van der Waals surface area (Å²) in [4.78, 5) is 32.1. The van der Waals surface area contributed by atoms with Crippen molar-refractivity contribution in [2.75, 3.05) is 5.32 Å². The molecule has 0 saturated heterocycles. The van der Waals surface area contributed by atoms with E-state index in [2.05, 4.69) is 10.4 Å². The average Bonchev–Trinajstić information content (AvgIpc) is 2.90. The van der Waals surface area contributed by atoms with Crippen LogP contribution in [-0.2, 0) is 11.3 Å². The molecular formula is C14H14ClN5O5. The van der Waals surface area contributed by atoms with Crippen LogP contribution < -0.4 is 5.32 Å². The van der Waals surface area contributed by atoms with Gasteiger partial charge < -0.3 is 15.4 Å². The molecule has 0 aliphatic rings. The Bertz CT molecular complexity index is 835. The van der Waals surface area contributed by atoms with E-state index in [0.29, 0.717) is 18.7 Å². The molecule has 1 aromatic carbocycles. The number of halogens is 1. The summed E-state index contributed by atoms with van der Waals surface area (Å²) < 4.78 is 1.46. The summed E-state index contributed by atoms with van der Waals surface area (Å²) in [5, 5.41) is 27.8. The van der Waals surface area contributed by atoms with E-state index in [1.165, 1.54) is 22.9 Å². The molecule has 25 heavy (non-hydrogen) atoms. The van der Waals surface area contributed by atoms with Crippen molar-refractivity contribution in [3.63, 3.8) is 0 Å². The number of benzene rings is 1. The van der Waals surface area contributed by atoms with Gasteiger partial charge in [0.15, 0.2) is 0 Å². The molecule has 1 amide bonds. The lowest BCUT2D eigenvalue weighted by molar-refractivity contribution is -0.389. The predicted molar refractivity (Wildman–Crippen MR) is 89.6 cm³/mol. The zero-order valence-corrected chi connectivity index (χ0v) is 13.9. The van der Waals surface area contributed by atoms with Crippen molar-refractivity contribution in [3.8, 4) is 0 Å². The molecule has 0 unspecified atom stereocenters. The van der Waals surface area contributed by atoms with Gasteiger partial charge in [0.05, 0.1) is 39.0 Å². The molecule has 132 valence electrons. The molecule has 11 heteroatoms. The van der Waals surface area contributed by atoms with E-state index < -0.39 is 9.85 Å². The summed E-state index contributed by atoms with van der Waals surface area (Å²) in [6.07, 6.45) is 0.552. The first kappa shape index (κ1) is 18.3. The van der Waals surface area contributed by atoms with Gasteiger partial charge in [-0.05, 0) is 24.3 Å². The van der Waals surface area contributed by atoms with Gasteiger partial charge in [-0.2, -0.15) is 4.68 Å². The number of carbonyl (C=O) groups excluding carboxylic acids is 1. The second kappa shape index (κ2) is 7.71. The Labute approximate surface area is 146 Å². The van der Waals surface area contributed by atoms with Gasteiger partial charge in [-0.15, -0.1) is 0 Å². The predicted octanol–water partition coefficient (Wildman–Crippen LogP) is 3.08. The van der Waals surface area contributed by atoms with E-state index in [9.17, 15) is 25.0 Å². The molecule has 0 saturated carbocycles. The van der Waals surface area contributed by atoms with Gasteiger partial charge in [0.1, 0.15) is 0 Å². The van der Waals surface area contributed by atoms with Crippen molar-refractivity contribution in [2.24, 2.45) is 0 Å². The lowest BCUT2D eigenvalue weighted by atomic mass is 10.2. The number of hydrogen-bond acceptors (Lipinski definition) is 6. The van der Waals surface area contributed by atoms with Crippen LogP contribution in [0.25, 0.3) is 0 Å². The number of aryl methyl sites for hydroxylation is 2. The molecule has 2 aromatic rings. The summed E-state index contributed by atoms with van der Waals surface area (Å²) >= 11 is 5.90. The van der Waals surface area contributed by atoms with E-state index in [-0.39, 0.29) is 34.5 Å². The second-order valence-electron chi connectivity index (χ2n) is 5.20. The van der Waals surface area contributed by atoms with Crippen molar-refractivity contribution in [1.29, 1.82) is 0 Å². The topological polar surface area (TPSA) is 133 Å². The highest BCUT2D eigenvalue weighted by atomic mass is 35.5. The monoisotopic (exact) mass is 367 g/mol. The minimum atomic E-state index is -0.580. The van der Waals surface area contributed by atoms with Crippen molar-refractivity contribution in [2.45, 2.75) is 26.3 Å². The van der Waals surface area contributed by atoms with Gasteiger partial charge in [-0.25, -0.2) is 0 Å². The number of nitro groups is 2. The molecule has 10 nitrogen and oxygen atoms in total.